The van der Waals surface area contributed by atoms with Gasteiger partial charge in [-0.1, -0.05) is 55.8 Å². The molecule has 3 aliphatic carbocycles. The van der Waals surface area contributed by atoms with Crippen molar-refractivity contribution in [1.82, 2.24) is 10.6 Å². The molecule has 1 aromatic carbocycles. The molecular weight excluding hydrogens is 465 g/mol. The van der Waals surface area contributed by atoms with E-state index in [1.165, 1.54) is 12.1 Å². The number of carbonyl (C=O) groups is 2. The van der Waals surface area contributed by atoms with E-state index in [0.29, 0.717) is 18.3 Å². The highest BCUT2D eigenvalue weighted by atomic mass is 19.4. The second kappa shape index (κ2) is 8.22. The number of hydrogen-bond donors (Lipinski definition) is 2. The van der Waals surface area contributed by atoms with E-state index < -0.39 is 23.5 Å². The average molecular weight is 501 g/mol. The fourth-order valence-corrected chi connectivity index (χ4v) is 7.81. The van der Waals surface area contributed by atoms with E-state index >= 15 is 0 Å². The summed E-state index contributed by atoms with van der Waals surface area (Å²) in [5.41, 5.74) is -1.19. The van der Waals surface area contributed by atoms with Crippen LogP contribution in [0.1, 0.15) is 64.0 Å². The summed E-state index contributed by atoms with van der Waals surface area (Å²) >= 11 is 0. The Morgan fingerprint density at radius 2 is 1.78 bits per heavy atom. The molecule has 2 N–H and O–H groups in total. The first-order chi connectivity index (χ1) is 16.8. The molecule has 0 bridgehead atoms. The average Bonchev–Trinajstić information content (AvgIpc) is 3.16. The molecule has 5 rings (SSSR count). The van der Waals surface area contributed by atoms with Crippen molar-refractivity contribution in [3.63, 3.8) is 0 Å². The molecule has 7 heteroatoms. The molecular formula is C29H35F3N2O2. The third-order valence-electron chi connectivity index (χ3n) is 10.1. The number of nitrogens with one attached hydrogen (secondary N) is 2. The van der Waals surface area contributed by atoms with Gasteiger partial charge in [-0.3, -0.25) is 9.59 Å². The van der Waals surface area contributed by atoms with Crippen LogP contribution >= 0.6 is 0 Å². The van der Waals surface area contributed by atoms with Gasteiger partial charge in [-0.15, -0.1) is 0 Å². The van der Waals surface area contributed by atoms with Crippen molar-refractivity contribution in [3.8, 4) is 0 Å². The van der Waals surface area contributed by atoms with Crippen LogP contribution < -0.4 is 10.6 Å². The van der Waals surface area contributed by atoms with Gasteiger partial charge in [0.2, 0.25) is 11.8 Å². The monoisotopic (exact) mass is 500 g/mol. The molecule has 7 atom stereocenters. The zero-order chi connectivity index (χ0) is 26.1. The summed E-state index contributed by atoms with van der Waals surface area (Å²) in [6.45, 7) is 7.18. The van der Waals surface area contributed by atoms with E-state index in [-0.39, 0.29) is 28.2 Å². The summed E-state index contributed by atoms with van der Waals surface area (Å²) in [5, 5.41) is 5.48. The number of halogens is 3. The third-order valence-corrected chi connectivity index (χ3v) is 10.1. The normalized spacial score (nSPS) is 37.1. The molecule has 1 aromatic rings. The number of alkyl halides is 3. The van der Waals surface area contributed by atoms with Gasteiger partial charge in [-0.2, -0.15) is 13.2 Å². The molecule has 4 aliphatic rings. The lowest BCUT2D eigenvalue weighted by atomic mass is 9.50. The Morgan fingerprint density at radius 1 is 1.08 bits per heavy atom. The molecule has 0 spiro atoms. The van der Waals surface area contributed by atoms with Crippen molar-refractivity contribution in [2.45, 2.75) is 71.5 Å². The summed E-state index contributed by atoms with van der Waals surface area (Å²) in [5.74, 6) is -0.138. The predicted molar refractivity (Wildman–Crippen MR) is 131 cm³/mol. The predicted octanol–water partition coefficient (Wildman–Crippen LogP) is 5.93. The Bertz CT molecular complexity index is 1140. The molecule has 2 saturated carbocycles. The van der Waals surface area contributed by atoms with Crippen LogP contribution in [0.4, 0.5) is 13.2 Å². The number of amides is 2. The molecule has 1 heterocycles. The molecule has 0 aromatic heterocycles. The quantitative estimate of drug-likeness (QED) is 0.541. The smallest absolute Gasteiger partial charge is 0.338 e. The number of benzene rings is 1. The number of carbonyl (C=O) groups excluding carboxylic acids is 2. The van der Waals surface area contributed by atoms with Crippen molar-refractivity contribution in [1.29, 1.82) is 0 Å². The largest absolute Gasteiger partial charge is 0.415 e. The second-order valence-corrected chi connectivity index (χ2v) is 12.0. The summed E-state index contributed by atoms with van der Waals surface area (Å²) in [6, 6.07) is 6.20. The molecule has 2 unspecified atom stereocenters. The Morgan fingerprint density at radius 3 is 2.44 bits per heavy atom. The maximum Gasteiger partial charge on any atom is 0.415 e. The highest BCUT2D eigenvalue weighted by Gasteiger charge is 2.61. The first kappa shape index (κ1) is 25.1. The fourth-order valence-electron chi connectivity index (χ4n) is 7.81. The van der Waals surface area contributed by atoms with Gasteiger partial charge in [0.05, 0.1) is 0 Å². The van der Waals surface area contributed by atoms with Crippen LogP contribution in [-0.2, 0) is 15.1 Å². The van der Waals surface area contributed by atoms with E-state index in [9.17, 15) is 22.8 Å². The van der Waals surface area contributed by atoms with Crippen LogP contribution in [0.2, 0.25) is 0 Å². The first-order valence-electron chi connectivity index (χ1n) is 13.0. The lowest BCUT2D eigenvalue weighted by molar-refractivity contribution is -0.199. The van der Waals surface area contributed by atoms with Crippen molar-refractivity contribution in [3.05, 3.63) is 59.3 Å². The maximum atomic E-state index is 14.4. The second-order valence-electron chi connectivity index (χ2n) is 12.0. The van der Waals surface area contributed by atoms with Crippen molar-refractivity contribution >= 4 is 11.8 Å². The van der Waals surface area contributed by atoms with E-state index in [2.05, 4.69) is 30.6 Å². The molecule has 36 heavy (non-hydrogen) atoms. The van der Waals surface area contributed by atoms with Gasteiger partial charge in [0.25, 0.3) is 0 Å². The van der Waals surface area contributed by atoms with Gasteiger partial charge in [0.15, 0.2) is 5.54 Å². The van der Waals surface area contributed by atoms with Crippen LogP contribution in [0.5, 0.6) is 0 Å². The minimum absolute atomic E-state index is 0.0429. The van der Waals surface area contributed by atoms with Crippen LogP contribution in [0.3, 0.4) is 0 Å². The highest BCUT2D eigenvalue weighted by Crippen LogP contribution is 2.64. The summed E-state index contributed by atoms with van der Waals surface area (Å²) in [6.07, 6.45) is 5.04. The lowest BCUT2D eigenvalue weighted by Gasteiger charge is -2.56. The van der Waals surface area contributed by atoms with Gasteiger partial charge in [0.1, 0.15) is 0 Å². The summed E-state index contributed by atoms with van der Waals surface area (Å²) in [4.78, 5) is 25.5. The maximum absolute atomic E-state index is 14.4. The van der Waals surface area contributed by atoms with E-state index in [0.717, 1.165) is 43.9 Å². The third kappa shape index (κ3) is 3.64. The first-order valence-corrected chi connectivity index (χ1v) is 13.0. The molecule has 0 radical (unpaired) electrons. The zero-order valence-electron chi connectivity index (χ0n) is 21.3. The molecule has 194 valence electrons. The van der Waals surface area contributed by atoms with Crippen molar-refractivity contribution in [2.75, 3.05) is 0 Å². The Hall–Kier alpha value is -2.57. The Kier molecular flexibility index (Phi) is 5.73. The molecule has 2 fully saturated rings. The molecule has 4 nitrogen and oxygen atoms in total. The van der Waals surface area contributed by atoms with Gasteiger partial charge < -0.3 is 10.6 Å². The number of rotatable bonds is 3. The van der Waals surface area contributed by atoms with Gasteiger partial charge in [0, 0.05) is 23.1 Å². The van der Waals surface area contributed by atoms with Crippen LogP contribution in [0, 0.1) is 41.4 Å². The van der Waals surface area contributed by atoms with Crippen LogP contribution in [0.15, 0.2) is 48.2 Å². The number of fused-ring (bicyclic) bond motifs is 5. The van der Waals surface area contributed by atoms with E-state index in [1.54, 1.807) is 18.2 Å². The number of aryl methyl sites for hydroxylation is 1. The SMILES string of the molecule is Cc1ccc(C(C)(NC(=O)C2CC[C@H]3[C@@H]4CC=C5NC(=O)C=C[C@]5(C)[C@@H]4CC[C@]23C)C(F)(F)F)cc1. The van der Waals surface area contributed by atoms with Crippen LogP contribution in [-0.4, -0.2) is 18.0 Å². The topological polar surface area (TPSA) is 58.2 Å². The van der Waals surface area contributed by atoms with Gasteiger partial charge >= 0.3 is 6.18 Å². The van der Waals surface area contributed by atoms with E-state index in [4.69, 9.17) is 0 Å². The number of allylic oxidation sites excluding steroid dienone is 2. The molecule has 2 amide bonds. The highest BCUT2D eigenvalue weighted by molar-refractivity contribution is 5.90. The number of hydrogen-bond acceptors (Lipinski definition) is 2. The minimum Gasteiger partial charge on any atom is -0.338 e. The minimum atomic E-state index is -4.63. The fraction of sp³-hybridized carbons (Fsp3) is 0.586. The standard InChI is InChI=1S/C29H35F3N2O2/c1-17-5-7-18(8-6-17)28(4,29(30,31)32)34-25(36)22-11-10-20-19-9-12-23-27(3,16-14-24(35)33-23)21(19)13-15-26(20,22)2/h5-8,12,14,16,19-22H,9-11,13,15H2,1-4H3,(H,33,35)(H,34,36)/t19-,20-,21+,22?,26-,27+,28?/m0/s1. The van der Waals surface area contributed by atoms with Crippen molar-refractivity contribution < 1.29 is 22.8 Å². The summed E-state index contributed by atoms with van der Waals surface area (Å²) < 4.78 is 43.1. The Labute approximate surface area is 210 Å². The zero-order valence-corrected chi connectivity index (χ0v) is 21.3. The summed E-state index contributed by atoms with van der Waals surface area (Å²) in [7, 11) is 0. The van der Waals surface area contributed by atoms with Gasteiger partial charge in [-0.05, 0) is 74.7 Å². The Balaban J connectivity index is 1.40. The molecule has 0 saturated heterocycles. The van der Waals surface area contributed by atoms with E-state index in [1.807, 2.05) is 13.0 Å². The van der Waals surface area contributed by atoms with Gasteiger partial charge in [-0.25, -0.2) is 0 Å². The molecule has 1 aliphatic heterocycles. The van der Waals surface area contributed by atoms with Crippen LogP contribution in [0.25, 0.3) is 0 Å². The lowest BCUT2D eigenvalue weighted by Crippen LogP contribution is -2.57. The van der Waals surface area contributed by atoms with Crippen molar-refractivity contribution in [2.24, 2.45) is 34.5 Å².